The summed E-state index contributed by atoms with van der Waals surface area (Å²) < 4.78 is 2.14. The molecule has 0 saturated carbocycles. The Bertz CT molecular complexity index is 692. The fraction of sp³-hybridized carbons (Fsp3) is 0.556. The highest BCUT2D eigenvalue weighted by Gasteiger charge is 2.34. The van der Waals surface area contributed by atoms with Crippen LogP contribution >= 0.6 is 11.6 Å². The number of aliphatic hydroxyl groups excluding tert-OH is 1. The fourth-order valence-electron chi connectivity index (χ4n) is 3.43. The smallest absolute Gasteiger partial charge is 0.105 e. The van der Waals surface area contributed by atoms with Gasteiger partial charge < -0.3 is 9.67 Å². The summed E-state index contributed by atoms with van der Waals surface area (Å²) in [4.78, 5) is 11.2. The molecule has 0 radical (unpaired) electrons. The van der Waals surface area contributed by atoms with Crippen molar-refractivity contribution in [2.24, 2.45) is 12.5 Å². The van der Waals surface area contributed by atoms with E-state index < -0.39 is 0 Å². The van der Waals surface area contributed by atoms with Crippen LogP contribution in [0.15, 0.2) is 24.5 Å². The molecule has 1 aliphatic heterocycles. The Morgan fingerprint density at radius 2 is 2.04 bits per heavy atom. The molecule has 1 aliphatic rings. The predicted molar refractivity (Wildman–Crippen MR) is 94.9 cm³/mol. The molecular formula is C18H25ClN4O. The number of aromatic nitrogens is 3. The number of halogens is 1. The van der Waals surface area contributed by atoms with E-state index in [-0.39, 0.29) is 12.0 Å². The minimum absolute atomic E-state index is 0.0867. The monoisotopic (exact) mass is 348 g/mol. The summed E-state index contributed by atoms with van der Waals surface area (Å²) in [6.07, 6.45) is 6.41. The van der Waals surface area contributed by atoms with E-state index in [1.54, 1.807) is 12.3 Å². The summed E-state index contributed by atoms with van der Waals surface area (Å²) in [6, 6.07) is 3.69. The molecule has 3 rings (SSSR count). The van der Waals surface area contributed by atoms with E-state index >= 15 is 0 Å². The Morgan fingerprint density at radius 3 is 2.62 bits per heavy atom. The van der Waals surface area contributed by atoms with Crippen molar-refractivity contribution in [2.45, 2.75) is 32.7 Å². The summed E-state index contributed by atoms with van der Waals surface area (Å²) in [5, 5.41) is 10.7. The number of nitrogens with zero attached hydrogens (tertiary/aromatic N) is 4. The second-order valence-electron chi connectivity index (χ2n) is 6.93. The van der Waals surface area contributed by atoms with Crippen molar-refractivity contribution in [1.82, 2.24) is 19.4 Å². The van der Waals surface area contributed by atoms with Gasteiger partial charge in [0.1, 0.15) is 5.82 Å². The number of likely N-dealkylation sites (tertiary alicyclic amines) is 1. The van der Waals surface area contributed by atoms with Crippen LogP contribution in [0.5, 0.6) is 0 Å². The van der Waals surface area contributed by atoms with Gasteiger partial charge in [-0.2, -0.15) is 0 Å². The molecule has 2 aromatic rings. The highest BCUT2D eigenvalue weighted by molar-refractivity contribution is 6.30. The van der Waals surface area contributed by atoms with Crippen LogP contribution in [0.2, 0.25) is 5.02 Å². The molecule has 1 saturated heterocycles. The molecule has 0 spiro atoms. The molecule has 3 heterocycles. The molecule has 24 heavy (non-hydrogen) atoms. The zero-order chi connectivity index (χ0) is 17.2. The van der Waals surface area contributed by atoms with Crippen LogP contribution in [-0.2, 0) is 20.0 Å². The molecule has 2 aromatic heterocycles. The van der Waals surface area contributed by atoms with E-state index in [2.05, 4.69) is 26.5 Å². The second-order valence-corrected chi connectivity index (χ2v) is 7.37. The lowest BCUT2D eigenvalue weighted by atomic mass is 9.75. The van der Waals surface area contributed by atoms with Gasteiger partial charge in [-0.05, 0) is 51.4 Å². The van der Waals surface area contributed by atoms with E-state index in [0.717, 1.165) is 50.4 Å². The van der Waals surface area contributed by atoms with Crippen LogP contribution < -0.4 is 0 Å². The van der Waals surface area contributed by atoms with Gasteiger partial charge in [-0.3, -0.25) is 9.88 Å². The zero-order valence-electron chi connectivity index (χ0n) is 14.4. The summed E-state index contributed by atoms with van der Waals surface area (Å²) in [5.74, 6) is 1.04. The Labute approximate surface area is 148 Å². The lowest BCUT2D eigenvalue weighted by Crippen LogP contribution is -2.43. The predicted octanol–water partition coefficient (Wildman–Crippen LogP) is 2.59. The normalized spacial score (nSPS) is 18.0. The number of pyridine rings is 1. The van der Waals surface area contributed by atoms with Gasteiger partial charge in [-0.15, -0.1) is 0 Å². The molecule has 0 amide bonds. The molecule has 0 aromatic carbocycles. The van der Waals surface area contributed by atoms with Crippen LogP contribution in [0.4, 0.5) is 0 Å². The first-order chi connectivity index (χ1) is 11.5. The van der Waals surface area contributed by atoms with Crippen molar-refractivity contribution < 1.29 is 5.11 Å². The van der Waals surface area contributed by atoms with Crippen molar-refractivity contribution in [2.75, 3.05) is 19.7 Å². The molecule has 6 heteroatoms. The molecule has 0 aliphatic carbocycles. The average Bonchev–Trinajstić information content (AvgIpc) is 2.89. The van der Waals surface area contributed by atoms with Crippen molar-refractivity contribution in [3.05, 3.63) is 46.8 Å². The minimum Gasteiger partial charge on any atom is -0.396 e. The quantitative estimate of drug-likeness (QED) is 0.902. The van der Waals surface area contributed by atoms with E-state index in [1.807, 2.05) is 19.2 Å². The van der Waals surface area contributed by atoms with Crippen molar-refractivity contribution in [3.8, 4) is 0 Å². The Kier molecular flexibility index (Phi) is 5.23. The number of piperidine rings is 1. The highest BCUT2D eigenvalue weighted by Crippen LogP contribution is 2.35. The maximum atomic E-state index is 10.0. The first kappa shape index (κ1) is 17.4. The first-order valence-corrected chi connectivity index (χ1v) is 8.80. The van der Waals surface area contributed by atoms with Crippen LogP contribution in [0.1, 0.15) is 30.1 Å². The number of aliphatic hydroxyl groups is 1. The molecule has 0 unspecified atom stereocenters. The van der Waals surface area contributed by atoms with Crippen molar-refractivity contribution in [3.63, 3.8) is 0 Å². The van der Waals surface area contributed by atoms with Gasteiger partial charge in [0, 0.05) is 48.7 Å². The third kappa shape index (κ3) is 3.79. The summed E-state index contributed by atoms with van der Waals surface area (Å²) >= 11 is 6.06. The largest absolute Gasteiger partial charge is 0.396 e. The average molecular weight is 349 g/mol. The van der Waals surface area contributed by atoms with Crippen molar-refractivity contribution >= 4 is 11.6 Å². The third-order valence-electron chi connectivity index (χ3n) is 5.29. The molecule has 1 fully saturated rings. The lowest BCUT2D eigenvalue weighted by Gasteiger charge is -2.40. The molecule has 0 atom stereocenters. The summed E-state index contributed by atoms with van der Waals surface area (Å²) in [6.45, 7) is 5.08. The number of hydrogen-bond acceptors (Lipinski definition) is 4. The van der Waals surface area contributed by atoms with Gasteiger partial charge in [0.2, 0.25) is 0 Å². The number of hydrogen-bond donors (Lipinski definition) is 1. The van der Waals surface area contributed by atoms with Gasteiger partial charge in [-0.1, -0.05) is 11.6 Å². The van der Waals surface area contributed by atoms with Gasteiger partial charge in [0.05, 0.1) is 5.69 Å². The second kappa shape index (κ2) is 7.21. The fourth-order valence-corrected chi connectivity index (χ4v) is 3.61. The first-order valence-electron chi connectivity index (χ1n) is 8.42. The molecule has 5 nitrogen and oxygen atoms in total. The number of rotatable bonds is 5. The van der Waals surface area contributed by atoms with Crippen molar-refractivity contribution in [1.29, 1.82) is 0 Å². The van der Waals surface area contributed by atoms with E-state index in [1.165, 1.54) is 5.69 Å². The van der Waals surface area contributed by atoms with Crippen LogP contribution in [0, 0.1) is 12.3 Å². The van der Waals surface area contributed by atoms with Gasteiger partial charge in [0.15, 0.2) is 0 Å². The standard InChI is InChI=1S/C18H25ClN4O/c1-14-21-11-17(22(14)2)12-23-7-4-18(13-24,5-8-23)10-16-9-15(19)3-6-20-16/h3,6,9,11,24H,4-5,7-8,10,12-13H2,1-2H3. The minimum atomic E-state index is -0.0867. The highest BCUT2D eigenvalue weighted by atomic mass is 35.5. The van der Waals surface area contributed by atoms with E-state index in [9.17, 15) is 5.11 Å². The third-order valence-corrected chi connectivity index (χ3v) is 5.52. The zero-order valence-corrected chi connectivity index (χ0v) is 15.1. The molecular weight excluding hydrogens is 324 g/mol. The summed E-state index contributed by atoms with van der Waals surface area (Å²) in [7, 11) is 2.06. The molecule has 130 valence electrons. The Hall–Kier alpha value is -1.43. The van der Waals surface area contributed by atoms with Gasteiger partial charge in [-0.25, -0.2) is 4.98 Å². The van der Waals surface area contributed by atoms with Gasteiger partial charge >= 0.3 is 0 Å². The van der Waals surface area contributed by atoms with Crippen LogP contribution in [0.25, 0.3) is 0 Å². The van der Waals surface area contributed by atoms with E-state index in [0.29, 0.717) is 5.02 Å². The SMILES string of the molecule is Cc1ncc(CN2CCC(CO)(Cc3cc(Cl)ccn3)CC2)n1C. The van der Waals surface area contributed by atoms with E-state index in [4.69, 9.17) is 11.6 Å². The number of aryl methyl sites for hydroxylation is 1. The maximum absolute atomic E-state index is 10.0. The number of imidazole rings is 1. The topological polar surface area (TPSA) is 54.2 Å². The lowest BCUT2D eigenvalue weighted by molar-refractivity contribution is 0.0399. The van der Waals surface area contributed by atoms with Crippen LogP contribution in [0.3, 0.4) is 0 Å². The molecule has 0 bridgehead atoms. The van der Waals surface area contributed by atoms with Crippen LogP contribution in [-0.4, -0.2) is 44.2 Å². The van der Waals surface area contributed by atoms with Gasteiger partial charge in [0.25, 0.3) is 0 Å². The summed E-state index contributed by atoms with van der Waals surface area (Å²) in [5.41, 5.74) is 2.11. The molecule has 1 N–H and O–H groups in total. The Morgan fingerprint density at radius 1 is 1.29 bits per heavy atom. The maximum Gasteiger partial charge on any atom is 0.105 e. The Balaban J connectivity index is 1.62.